The first-order valence-electron chi connectivity index (χ1n) is 5.77. The van der Waals surface area contributed by atoms with Gasteiger partial charge in [0.1, 0.15) is 0 Å². The molecule has 0 saturated carbocycles. The Balaban J connectivity index is 0.000000921. The Labute approximate surface area is 93.5 Å². The fourth-order valence-electron chi connectivity index (χ4n) is 1.32. The Morgan fingerprint density at radius 1 is 1.07 bits per heavy atom. The average molecular weight is 212 g/mol. The molecule has 88 valence electrons. The lowest BCUT2D eigenvalue weighted by Crippen LogP contribution is -2.46. The number of carbonyl (C=O) groups excluding carboxylic acids is 1. The van der Waals surface area contributed by atoms with Gasteiger partial charge in [0.2, 0.25) is 5.91 Å². The average Bonchev–Trinajstić information content (AvgIpc) is 2.31. The summed E-state index contributed by atoms with van der Waals surface area (Å²) in [4.78, 5) is 13.7. The third kappa shape index (κ3) is 4.47. The number of piperazine rings is 1. The van der Waals surface area contributed by atoms with Crippen molar-refractivity contribution in [3.8, 4) is 0 Å². The molecule has 3 nitrogen and oxygen atoms in total. The summed E-state index contributed by atoms with van der Waals surface area (Å²) < 4.78 is 0. The summed E-state index contributed by atoms with van der Waals surface area (Å²) in [5.41, 5.74) is 2.01. The Morgan fingerprint density at radius 3 is 1.93 bits per heavy atom. The van der Waals surface area contributed by atoms with Crippen LogP contribution >= 0.6 is 0 Å². The van der Waals surface area contributed by atoms with Crippen molar-refractivity contribution < 1.29 is 4.79 Å². The number of carbonyl (C=O) groups is 1. The van der Waals surface area contributed by atoms with E-state index >= 15 is 0 Å². The number of hydrogen-bond donors (Lipinski definition) is 1. The van der Waals surface area contributed by atoms with Gasteiger partial charge in [-0.25, -0.2) is 0 Å². The molecule has 3 heteroatoms. The monoisotopic (exact) mass is 212 g/mol. The maximum absolute atomic E-state index is 11.8. The van der Waals surface area contributed by atoms with Crippen molar-refractivity contribution in [1.29, 1.82) is 0 Å². The Bertz CT molecular complexity index is 224. The summed E-state index contributed by atoms with van der Waals surface area (Å²) >= 11 is 0. The van der Waals surface area contributed by atoms with Crippen molar-refractivity contribution in [3.63, 3.8) is 0 Å². The molecular formula is C12H24N2O. The van der Waals surface area contributed by atoms with Crippen molar-refractivity contribution in [2.24, 2.45) is 0 Å². The van der Waals surface area contributed by atoms with E-state index in [-0.39, 0.29) is 5.91 Å². The number of hydrogen-bond acceptors (Lipinski definition) is 2. The molecule has 0 aromatic heterocycles. The summed E-state index contributed by atoms with van der Waals surface area (Å²) in [5.74, 6) is 0.196. The normalized spacial score (nSPS) is 15.1. The molecule has 1 rings (SSSR count). The zero-order chi connectivity index (χ0) is 11.8. The van der Waals surface area contributed by atoms with Gasteiger partial charge in [0.15, 0.2) is 0 Å². The Hall–Kier alpha value is -0.830. The van der Waals surface area contributed by atoms with Crippen LogP contribution < -0.4 is 5.32 Å². The van der Waals surface area contributed by atoms with Crippen molar-refractivity contribution in [2.75, 3.05) is 26.2 Å². The van der Waals surface area contributed by atoms with Gasteiger partial charge in [-0.05, 0) is 20.8 Å². The number of allylic oxidation sites excluding steroid dienone is 1. The van der Waals surface area contributed by atoms with Crippen LogP contribution in [0.5, 0.6) is 0 Å². The van der Waals surface area contributed by atoms with Crippen LogP contribution in [0.15, 0.2) is 11.1 Å². The van der Waals surface area contributed by atoms with E-state index in [0.717, 1.165) is 37.3 Å². The molecule has 0 aromatic rings. The van der Waals surface area contributed by atoms with E-state index in [0.29, 0.717) is 0 Å². The minimum Gasteiger partial charge on any atom is -0.336 e. The van der Waals surface area contributed by atoms with Crippen LogP contribution in [-0.2, 0) is 4.79 Å². The molecule has 1 fully saturated rings. The van der Waals surface area contributed by atoms with E-state index in [2.05, 4.69) is 5.32 Å². The molecule has 0 unspecified atom stereocenters. The van der Waals surface area contributed by atoms with Crippen molar-refractivity contribution >= 4 is 5.91 Å². The smallest absolute Gasteiger partial charge is 0.249 e. The number of nitrogens with one attached hydrogen (secondary N) is 1. The van der Waals surface area contributed by atoms with Crippen LogP contribution in [0.1, 0.15) is 34.6 Å². The van der Waals surface area contributed by atoms with Crippen molar-refractivity contribution in [1.82, 2.24) is 10.2 Å². The van der Waals surface area contributed by atoms with Crippen LogP contribution in [0.4, 0.5) is 0 Å². The SMILES string of the molecule is CC.CC(C)=C(C)C(=O)N1CCNCC1. The highest BCUT2D eigenvalue weighted by Gasteiger charge is 2.17. The highest BCUT2D eigenvalue weighted by molar-refractivity contribution is 5.93. The third-order valence-corrected chi connectivity index (χ3v) is 2.48. The fraction of sp³-hybridized carbons (Fsp3) is 0.750. The summed E-state index contributed by atoms with van der Waals surface area (Å²) in [6.45, 7) is 13.4. The van der Waals surface area contributed by atoms with Gasteiger partial charge < -0.3 is 10.2 Å². The predicted octanol–water partition coefficient (Wildman–Crippen LogP) is 1.80. The van der Waals surface area contributed by atoms with Gasteiger partial charge in [-0.1, -0.05) is 19.4 Å². The first-order chi connectivity index (χ1) is 7.13. The molecule has 1 heterocycles. The first kappa shape index (κ1) is 14.2. The summed E-state index contributed by atoms with van der Waals surface area (Å²) in [5, 5.41) is 3.23. The number of amides is 1. The van der Waals surface area contributed by atoms with E-state index in [9.17, 15) is 4.79 Å². The van der Waals surface area contributed by atoms with Crippen LogP contribution in [0, 0.1) is 0 Å². The lowest BCUT2D eigenvalue weighted by molar-refractivity contribution is -0.127. The molecule has 0 spiro atoms. The fourth-order valence-corrected chi connectivity index (χ4v) is 1.32. The molecule has 1 amide bonds. The molecule has 1 aliphatic rings. The van der Waals surface area contributed by atoms with Crippen LogP contribution in [0.3, 0.4) is 0 Å². The molecule has 0 aromatic carbocycles. The zero-order valence-electron chi connectivity index (χ0n) is 10.7. The van der Waals surface area contributed by atoms with Crippen molar-refractivity contribution in [3.05, 3.63) is 11.1 Å². The molecule has 1 saturated heterocycles. The maximum Gasteiger partial charge on any atom is 0.249 e. The van der Waals surface area contributed by atoms with E-state index in [1.54, 1.807) is 0 Å². The van der Waals surface area contributed by atoms with Gasteiger partial charge in [0.05, 0.1) is 0 Å². The largest absolute Gasteiger partial charge is 0.336 e. The lowest BCUT2D eigenvalue weighted by Gasteiger charge is -2.28. The van der Waals surface area contributed by atoms with Gasteiger partial charge in [0.25, 0.3) is 0 Å². The quantitative estimate of drug-likeness (QED) is 0.672. The van der Waals surface area contributed by atoms with Crippen LogP contribution in [0.2, 0.25) is 0 Å². The van der Waals surface area contributed by atoms with Gasteiger partial charge in [0, 0.05) is 31.8 Å². The summed E-state index contributed by atoms with van der Waals surface area (Å²) in [6, 6.07) is 0. The molecule has 0 aliphatic carbocycles. The van der Waals surface area contributed by atoms with Gasteiger partial charge in [-0.15, -0.1) is 0 Å². The predicted molar refractivity (Wildman–Crippen MR) is 64.8 cm³/mol. The highest BCUT2D eigenvalue weighted by Crippen LogP contribution is 2.07. The molecule has 1 N–H and O–H groups in total. The minimum absolute atomic E-state index is 0.196. The van der Waals surface area contributed by atoms with Gasteiger partial charge in [-0.3, -0.25) is 4.79 Å². The standard InChI is InChI=1S/C10H18N2O.C2H6/c1-8(2)9(3)10(13)12-6-4-11-5-7-12;1-2/h11H,4-7H2,1-3H3;1-2H3. The van der Waals surface area contributed by atoms with Crippen molar-refractivity contribution in [2.45, 2.75) is 34.6 Å². The van der Waals surface area contributed by atoms with E-state index in [1.165, 1.54) is 0 Å². The molecule has 1 aliphatic heterocycles. The van der Waals surface area contributed by atoms with Gasteiger partial charge >= 0.3 is 0 Å². The first-order valence-corrected chi connectivity index (χ1v) is 5.77. The Morgan fingerprint density at radius 2 is 1.53 bits per heavy atom. The molecule has 0 atom stereocenters. The maximum atomic E-state index is 11.8. The molecule has 0 bridgehead atoms. The van der Waals surface area contributed by atoms with Crippen LogP contribution in [-0.4, -0.2) is 37.0 Å². The zero-order valence-corrected chi connectivity index (χ0v) is 10.7. The van der Waals surface area contributed by atoms with Crippen LogP contribution in [0.25, 0.3) is 0 Å². The number of rotatable bonds is 1. The Kier molecular flexibility index (Phi) is 7.05. The molecular weight excluding hydrogens is 188 g/mol. The highest BCUT2D eigenvalue weighted by atomic mass is 16.2. The second kappa shape index (κ2) is 7.46. The van der Waals surface area contributed by atoms with E-state index < -0.39 is 0 Å². The van der Waals surface area contributed by atoms with E-state index in [4.69, 9.17) is 0 Å². The molecule has 0 radical (unpaired) electrons. The second-order valence-corrected chi connectivity index (χ2v) is 3.67. The summed E-state index contributed by atoms with van der Waals surface area (Å²) in [6.07, 6.45) is 0. The lowest BCUT2D eigenvalue weighted by atomic mass is 10.1. The molecule has 15 heavy (non-hydrogen) atoms. The number of nitrogens with zero attached hydrogens (tertiary/aromatic N) is 1. The second-order valence-electron chi connectivity index (χ2n) is 3.67. The minimum atomic E-state index is 0.196. The van der Waals surface area contributed by atoms with E-state index in [1.807, 2.05) is 39.5 Å². The third-order valence-electron chi connectivity index (χ3n) is 2.48. The van der Waals surface area contributed by atoms with Gasteiger partial charge in [-0.2, -0.15) is 0 Å². The topological polar surface area (TPSA) is 32.3 Å². The summed E-state index contributed by atoms with van der Waals surface area (Å²) in [7, 11) is 0.